The quantitative estimate of drug-likeness (QED) is 0.842. The highest BCUT2D eigenvalue weighted by Gasteiger charge is 2.34. The summed E-state index contributed by atoms with van der Waals surface area (Å²) >= 11 is 0. The third-order valence-electron chi connectivity index (χ3n) is 2.94. The summed E-state index contributed by atoms with van der Waals surface area (Å²) in [7, 11) is 1.60. The average Bonchev–Trinajstić information content (AvgIpc) is 2.78. The molecule has 0 radical (unpaired) electrons. The van der Waals surface area contributed by atoms with Crippen molar-refractivity contribution in [2.75, 3.05) is 20.3 Å². The van der Waals surface area contributed by atoms with Crippen molar-refractivity contribution in [3.05, 3.63) is 29.8 Å². The molecule has 2 rings (SSSR count). The van der Waals surface area contributed by atoms with Crippen LogP contribution >= 0.6 is 0 Å². The first-order valence-electron chi connectivity index (χ1n) is 5.17. The maximum absolute atomic E-state index is 11.0. The number of hydrogen-bond donors (Lipinski definition) is 1. The highest BCUT2D eigenvalue weighted by atomic mass is 16.5. The summed E-state index contributed by atoms with van der Waals surface area (Å²) in [5.74, 6) is -0.510. The topological polar surface area (TPSA) is 55.8 Å². The standard InChI is InChI=1S/C12H14O4/c1-15-9-4-2-8(3-5-9)10-6-16-7-11(10)12(13)14/h2-5,10-11H,6-7H2,1H3,(H,13,14)/t10-,11+/m1/s1. The Labute approximate surface area is 93.8 Å². The van der Waals surface area contributed by atoms with Crippen LogP contribution in [0.5, 0.6) is 5.75 Å². The number of aliphatic carboxylic acids is 1. The summed E-state index contributed by atoms with van der Waals surface area (Å²) in [6, 6.07) is 7.47. The summed E-state index contributed by atoms with van der Waals surface area (Å²) in [5.41, 5.74) is 0.991. The molecule has 0 spiro atoms. The van der Waals surface area contributed by atoms with Crippen LogP contribution in [0, 0.1) is 5.92 Å². The van der Waals surface area contributed by atoms with Crippen molar-refractivity contribution in [3.63, 3.8) is 0 Å². The van der Waals surface area contributed by atoms with Crippen LogP contribution in [0.25, 0.3) is 0 Å². The zero-order chi connectivity index (χ0) is 11.5. The molecule has 1 aliphatic heterocycles. The Morgan fingerprint density at radius 1 is 1.38 bits per heavy atom. The van der Waals surface area contributed by atoms with Gasteiger partial charge in [-0.05, 0) is 17.7 Å². The Morgan fingerprint density at radius 2 is 2.06 bits per heavy atom. The van der Waals surface area contributed by atoms with Gasteiger partial charge in [0.15, 0.2) is 0 Å². The number of rotatable bonds is 3. The van der Waals surface area contributed by atoms with Gasteiger partial charge in [0.25, 0.3) is 0 Å². The summed E-state index contributed by atoms with van der Waals surface area (Å²) < 4.78 is 10.3. The van der Waals surface area contributed by atoms with E-state index in [9.17, 15) is 4.79 Å². The van der Waals surface area contributed by atoms with Crippen LogP contribution in [-0.2, 0) is 9.53 Å². The number of carbonyl (C=O) groups is 1. The normalized spacial score (nSPS) is 24.3. The Kier molecular flexibility index (Phi) is 3.10. The zero-order valence-corrected chi connectivity index (χ0v) is 9.05. The van der Waals surface area contributed by atoms with Gasteiger partial charge in [0, 0.05) is 5.92 Å². The molecule has 1 saturated heterocycles. The predicted molar refractivity (Wildman–Crippen MR) is 57.7 cm³/mol. The van der Waals surface area contributed by atoms with Gasteiger partial charge in [0.2, 0.25) is 0 Å². The largest absolute Gasteiger partial charge is 0.497 e. The monoisotopic (exact) mass is 222 g/mol. The fourth-order valence-corrected chi connectivity index (χ4v) is 1.98. The maximum atomic E-state index is 11.0. The lowest BCUT2D eigenvalue weighted by Crippen LogP contribution is -2.20. The molecule has 1 N–H and O–H groups in total. The van der Waals surface area contributed by atoms with Gasteiger partial charge >= 0.3 is 5.97 Å². The maximum Gasteiger partial charge on any atom is 0.309 e. The molecule has 0 aliphatic carbocycles. The van der Waals surface area contributed by atoms with E-state index in [1.54, 1.807) is 7.11 Å². The first-order valence-corrected chi connectivity index (χ1v) is 5.17. The van der Waals surface area contributed by atoms with Crippen LogP contribution in [0.15, 0.2) is 24.3 Å². The Balaban J connectivity index is 2.19. The minimum atomic E-state index is -0.793. The van der Waals surface area contributed by atoms with Gasteiger partial charge in [-0.3, -0.25) is 4.79 Å². The molecule has 2 atom stereocenters. The molecule has 0 aromatic heterocycles. The number of benzene rings is 1. The lowest BCUT2D eigenvalue weighted by molar-refractivity contribution is -0.142. The minimum Gasteiger partial charge on any atom is -0.497 e. The molecule has 1 aromatic rings. The number of carboxylic acid groups (broad SMARTS) is 1. The van der Waals surface area contributed by atoms with Gasteiger partial charge in [-0.2, -0.15) is 0 Å². The molecule has 4 heteroatoms. The predicted octanol–water partition coefficient (Wildman–Crippen LogP) is 1.51. The minimum absolute atomic E-state index is 0.0524. The fourth-order valence-electron chi connectivity index (χ4n) is 1.98. The van der Waals surface area contributed by atoms with E-state index in [4.69, 9.17) is 14.6 Å². The average molecular weight is 222 g/mol. The van der Waals surface area contributed by atoms with E-state index in [1.807, 2.05) is 24.3 Å². The van der Waals surface area contributed by atoms with Crippen LogP contribution in [0.1, 0.15) is 11.5 Å². The Bertz CT molecular complexity index is 371. The van der Waals surface area contributed by atoms with Crippen LogP contribution in [-0.4, -0.2) is 31.4 Å². The number of carboxylic acids is 1. The molecular weight excluding hydrogens is 208 g/mol. The van der Waals surface area contributed by atoms with Gasteiger partial charge in [-0.1, -0.05) is 12.1 Å². The number of hydrogen-bond acceptors (Lipinski definition) is 3. The van der Waals surface area contributed by atoms with E-state index in [0.29, 0.717) is 13.2 Å². The third-order valence-corrected chi connectivity index (χ3v) is 2.94. The van der Waals surface area contributed by atoms with Crippen molar-refractivity contribution in [3.8, 4) is 5.75 Å². The van der Waals surface area contributed by atoms with E-state index in [0.717, 1.165) is 11.3 Å². The van der Waals surface area contributed by atoms with Crippen molar-refractivity contribution >= 4 is 5.97 Å². The highest BCUT2D eigenvalue weighted by molar-refractivity contribution is 5.72. The van der Waals surface area contributed by atoms with E-state index < -0.39 is 11.9 Å². The van der Waals surface area contributed by atoms with E-state index >= 15 is 0 Å². The fraction of sp³-hybridized carbons (Fsp3) is 0.417. The summed E-state index contributed by atoms with van der Waals surface area (Å²) in [6.45, 7) is 0.773. The smallest absolute Gasteiger partial charge is 0.309 e. The lowest BCUT2D eigenvalue weighted by atomic mass is 9.89. The molecule has 86 valence electrons. The second kappa shape index (κ2) is 4.53. The number of ether oxygens (including phenoxy) is 2. The molecule has 1 aliphatic rings. The van der Waals surface area contributed by atoms with Crippen molar-refractivity contribution < 1.29 is 19.4 Å². The highest BCUT2D eigenvalue weighted by Crippen LogP contribution is 2.31. The van der Waals surface area contributed by atoms with Crippen molar-refractivity contribution in [2.24, 2.45) is 5.92 Å². The van der Waals surface area contributed by atoms with E-state index in [2.05, 4.69) is 0 Å². The molecule has 0 saturated carbocycles. The summed E-state index contributed by atoms with van der Waals surface area (Å²) in [6.07, 6.45) is 0. The Morgan fingerprint density at radius 3 is 2.62 bits per heavy atom. The van der Waals surface area contributed by atoms with Gasteiger partial charge in [0.05, 0.1) is 26.2 Å². The van der Waals surface area contributed by atoms with Gasteiger partial charge in [-0.25, -0.2) is 0 Å². The summed E-state index contributed by atoms with van der Waals surface area (Å²) in [5, 5.41) is 9.04. The van der Waals surface area contributed by atoms with Crippen LogP contribution in [0.3, 0.4) is 0 Å². The van der Waals surface area contributed by atoms with Crippen LogP contribution < -0.4 is 4.74 Å². The second-order valence-corrected chi connectivity index (χ2v) is 3.86. The molecule has 1 fully saturated rings. The van der Waals surface area contributed by atoms with Gasteiger partial charge < -0.3 is 14.6 Å². The molecule has 1 heterocycles. The van der Waals surface area contributed by atoms with Gasteiger partial charge in [-0.15, -0.1) is 0 Å². The van der Waals surface area contributed by atoms with Gasteiger partial charge in [0.1, 0.15) is 5.75 Å². The molecule has 0 bridgehead atoms. The third kappa shape index (κ3) is 2.02. The molecular formula is C12H14O4. The van der Waals surface area contributed by atoms with Crippen LogP contribution in [0.4, 0.5) is 0 Å². The Hall–Kier alpha value is -1.55. The molecule has 16 heavy (non-hydrogen) atoms. The molecule has 1 aromatic carbocycles. The molecule has 4 nitrogen and oxygen atoms in total. The van der Waals surface area contributed by atoms with Crippen molar-refractivity contribution in [1.29, 1.82) is 0 Å². The molecule has 0 unspecified atom stereocenters. The zero-order valence-electron chi connectivity index (χ0n) is 9.05. The van der Waals surface area contributed by atoms with Crippen LogP contribution in [0.2, 0.25) is 0 Å². The SMILES string of the molecule is COc1ccc([C@H]2COC[C@@H]2C(=O)O)cc1. The van der Waals surface area contributed by atoms with E-state index in [1.165, 1.54) is 0 Å². The molecule has 0 amide bonds. The first kappa shape index (κ1) is 11.0. The first-order chi connectivity index (χ1) is 7.72. The summed E-state index contributed by atoms with van der Waals surface area (Å²) in [4.78, 5) is 11.0. The van der Waals surface area contributed by atoms with Crippen molar-refractivity contribution in [2.45, 2.75) is 5.92 Å². The lowest BCUT2D eigenvalue weighted by Gasteiger charge is -2.14. The van der Waals surface area contributed by atoms with E-state index in [-0.39, 0.29) is 5.92 Å². The van der Waals surface area contributed by atoms with Crippen molar-refractivity contribution in [1.82, 2.24) is 0 Å². The number of methoxy groups -OCH3 is 1. The second-order valence-electron chi connectivity index (χ2n) is 3.86.